The average Bonchev–Trinajstić information content (AvgIpc) is 2.94. The maximum absolute atomic E-state index is 13.3. The first-order valence-electron chi connectivity index (χ1n) is 12.4. The van der Waals surface area contributed by atoms with E-state index in [1.54, 1.807) is 54.0 Å². The highest BCUT2D eigenvalue weighted by molar-refractivity contribution is 7.85. The standard InChI is InChI=1S/C27H29N5O5.CH4O3S/c1-15(2)14-30-25(33)17-6-10-20(22(12-17)27(35)32-36)21-11-9-19(37-3)13-23(21)26(34)31-18-7-4-16(5-8-18)24(28)29;1-5(2,3)4/h4-13,15,36H,14H2,1-3H3,(H3,28,29)(H,30,33)(H,31,34)(H,32,35);1H3,(H,2,3,4). The van der Waals surface area contributed by atoms with Crippen LogP contribution in [-0.2, 0) is 10.1 Å². The van der Waals surface area contributed by atoms with E-state index in [0.29, 0.717) is 40.9 Å². The Morgan fingerprint density at radius 2 is 1.43 bits per heavy atom. The third-order valence-electron chi connectivity index (χ3n) is 5.51. The number of amides is 3. The molecule has 0 aliphatic heterocycles. The molecular formula is C28H33N5O8S. The Morgan fingerprint density at radius 1 is 0.905 bits per heavy atom. The number of anilines is 1. The highest BCUT2D eigenvalue weighted by Gasteiger charge is 2.21. The molecule has 0 heterocycles. The largest absolute Gasteiger partial charge is 0.497 e. The van der Waals surface area contributed by atoms with Gasteiger partial charge in [0, 0.05) is 23.4 Å². The van der Waals surface area contributed by atoms with E-state index in [-0.39, 0.29) is 34.4 Å². The second kappa shape index (κ2) is 14.7. The lowest BCUT2D eigenvalue weighted by Crippen LogP contribution is -2.28. The lowest BCUT2D eigenvalue weighted by Gasteiger charge is -2.16. The topological polar surface area (TPSA) is 221 Å². The smallest absolute Gasteiger partial charge is 0.275 e. The van der Waals surface area contributed by atoms with Gasteiger partial charge in [-0.2, -0.15) is 8.42 Å². The molecule has 0 saturated carbocycles. The third kappa shape index (κ3) is 9.99. The molecule has 0 fully saturated rings. The molecule has 0 aliphatic carbocycles. The van der Waals surface area contributed by atoms with Gasteiger partial charge >= 0.3 is 0 Å². The van der Waals surface area contributed by atoms with Gasteiger partial charge < -0.3 is 21.1 Å². The quantitative estimate of drug-likeness (QED) is 0.0631. The summed E-state index contributed by atoms with van der Waals surface area (Å²) in [5.41, 5.74) is 9.21. The SMILES string of the molecule is COc1ccc(-c2ccc(C(=O)NCC(C)C)cc2C(=O)NO)c(C(=O)Nc2ccc(C(=N)N)cc2)c1.CS(=O)(=O)O. The Labute approximate surface area is 243 Å². The van der Waals surface area contributed by atoms with Crippen molar-refractivity contribution in [2.45, 2.75) is 13.8 Å². The predicted molar refractivity (Wildman–Crippen MR) is 158 cm³/mol. The first-order valence-corrected chi connectivity index (χ1v) is 14.2. The second-order valence-corrected chi connectivity index (χ2v) is 10.9. The summed E-state index contributed by atoms with van der Waals surface area (Å²) in [6, 6.07) is 15.7. The molecule has 0 radical (unpaired) electrons. The van der Waals surface area contributed by atoms with Crippen LogP contribution in [0.25, 0.3) is 11.1 Å². The van der Waals surface area contributed by atoms with Gasteiger partial charge in [0.1, 0.15) is 11.6 Å². The molecule has 0 atom stereocenters. The highest BCUT2D eigenvalue weighted by Crippen LogP contribution is 2.32. The van der Waals surface area contributed by atoms with Gasteiger partial charge in [0.05, 0.1) is 24.5 Å². The summed E-state index contributed by atoms with van der Waals surface area (Å²) >= 11 is 0. The van der Waals surface area contributed by atoms with Crippen molar-refractivity contribution >= 4 is 39.4 Å². The molecule has 3 rings (SSSR count). The van der Waals surface area contributed by atoms with E-state index >= 15 is 0 Å². The number of nitrogen functional groups attached to an aromatic ring is 1. The molecule has 224 valence electrons. The predicted octanol–water partition coefficient (Wildman–Crippen LogP) is 2.91. The van der Waals surface area contributed by atoms with Crippen LogP contribution in [0, 0.1) is 11.3 Å². The minimum absolute atomic E-state index is 0.00437. The van der Waals surface area contributed by atoms with Crippen LogP contribution >= 0.6 is 0 Å². The Hall–Kier alpha value is -4.79. The number of carbonyl (C=O) groups excluding carboxylic acids is 3. The van der Waals surface area contributed by atoms with Crippen molar-refractivity contribution < 1.29 is 37.3 Å². The number of nitrogens with two attached hydrogens (primary N) is 1. The van der Waals surface area contributed by atoms with Crippen LogP contribution in [0.3, 0.4) is 0 Å². The average molecular weight is 600 g/mol. The van der Waals surface area contributed by atoms with Gasteiger partial charge in [-0.3, -0.25) is 29.6 Å². The minimum atomic E-state index is -3.67. The van der Waals surface area contributed by atoms with Crippen molar-refractivity contribution in [1.82, 2.24) is 10.8 Å². The van der Waals surface area contributed by atoms with Crippen molar-refractivity contribution in [1.29, 1.82) is 5.41 Å². The zero-order chi connectivity index (χ0) is 31.6. The molecule has 0 bridgehead atoms. The van der Waals surface area contributed by atoms with E-state index in [0.717, 1.165) is 0 Å². The minimum Gasteiger partial charge on any atom is -0.497 e. The maximum Gasteiger partial charge on any atom is 0.275 e. The molecule has 8 N–H and O–H groups in total. The van der Waals surface area contributed by atoms with Crippen LogP contribution < -0.4 is 26.6 Å². The van der Waals surface area contributed by atoms with Crippen molar-refractivity contribution in [3.63, 3.8) is 0 Å². The zero-order valence-corrected chi connectivity index (χ0v) is 24.2. The van der Waals surface area contributed by atoms with Crippen LogP contribution in [-0.4, -0.2) is 61.6 Å². The maximum atomic E-state index is 13.3. The van der Waals surface area contributed by atoms with Crippen LogP contribution in [0.4, 0.5) is 5.69 Å². The summed E-state index contributed by atoms with van der Waals surface area (Å²) in [7, 11) is -2.20. The summed E-state index contributed by atoms with van der Waals surface area (Å²) in [5.74, 6) is -1.13. The number of nitrogens with one attached hydrogen (secondary N) is 4. The van der Waals surface area contributed by atoms with Gasteiger partial charge in [-0.15, -0.1) is 0 Å². The van der Waals surface area contributed by atoms with Crippen molar-refractivity contribution in [3.05, 3.63) is 82.9 Å². The Balaban J connectivity index is 0.00000113. The highest BCUT2D eigenvalue weighted by atomic mass is 32.2. The molecule has 3 amide bonds. The van der Waals surface area contributed by atoms with Crippen molar-refractivity contribution in [2.75, 3.05) is 25.2 Å². The van der Waals surface area contributed by atoms with Gasteiger partial charge in [0.2, 0.25) is 0 Å². The molecule has 0 unspecified atom stereocenters. The fourth-order valence-electron chi connectivity index (χ4n) is 3.57. The first-order chi connectivity index (χ1) is 19.6. The van der Waals surface area contributed by atoms with Crippen LogP contribution in [0.5, 0.6) is 5.75 Å². The lowest BCUT2D eigenvalue weighted by atomic mass is 9.92. The number of carbonyl (C=O) groups is 3. The molecule has 42 heavy (non-hydrogen) atoms. The number of hydrogen-bond donors (Lipinski definition) is 7. The number of ether oxygens (including phenoxy) is 1. The fourth-order valence-corrected chi connectivity index (χ4v) is 3.57. The Morgan fingerprint density at radius 3 is 1.93 bits per heavy atom. The van der Waals surface area contributed by atoms with Gasteiger partial charge in [-0.1, -0.05) is 19.9 Å². The van der Waals surface area contributed by atoms with Gasteiger partial charge in [-0.05, 0) is 71.6 Å². The Kier molecular flexibility index (Phi) is 11.7. The fraction of sp³-hybridized carbons (Fsp3) is 0.214. The molecule has 13 nitrogen and oxygen atoms in total. The summed E-state index contributed by atoms with van der Waals surface area (Å²) in [4.78, 5) is 38.5. The molecule has 3 aromatic carbocycles. The number of amidine groups is 1. The van der Waals surface area contributed by atoms with Crippen molar-refractivity contribution in [3.8, 4) is 16.9 Å². The van der Waals surface area contributed by atoms with Gasteiger partial charge in [-0.25, -0.2) is 5.48 Å². The molecule has 0 aromatic heterocycles. The molecular weight excluding hydrogens is 566 g/mol. The second-order valence-electron chi connectivity index (χ2n) is 9.39. The number of methoxy groups -OCH3 is 1. The summed E-state index contributed by atoms with van der Waals surface area (Å²) in [6.07, 6.45) is 0.715. The van der Waals surface area contributed by atoms with E-state index in [4.69, 9.17) is 20.4 Å². The normalized spacial score (nSPS) is 10.6. The van der Waals surface area contributed by atoms with Crippen LogP contribution in [0.2, 0.25) is 0 Å². The van der Waals surface area contributed by atoms with Crippen LogP contribution in [0.1, 0.15) is 50.5 Å². The molecule has 0 aliphatic rings. The molecule has 3 aromatic rings. The molecule has 0 spiro atoms. The van der Waals surface area contributed by atoms with E-state index in [9.17, 15) is 28.0 Å². The number of rotatable bonds is 9. The number of hydroxylamine groups is 1. The van der Waals surface area contributed by atoms with E-state index in [1.165, 1.54) is 19.2 Å². The monoisotopic (exact) mass is 599 g/mol. The Bertz CT molecular complexity index is 1560. The number of benzene rings is 3. The first kappa shape index (κ1) is 33.4. The third-order valence-corrected chi connectivity index (χ3v) is 5.51. The van der Waals surface area contributed by atoms with E-state index < -0.39 is 21.9 Å². The van der Waals surface area contributed by atoms with Crippen LogP contribution in [0.15, 0.2) is 60.7 Å². The molecule has 0 saturated heterocycles. The van der Waals surface area contributed by atoms with E-state index in [2.05, 4.69) is 10.6 Å². The molecule has 14 heteroatoms. The zero-order valence-electron chi connectivity index (χ0n) is 23.4. The summed E-state index contributed by atoms with van der Waals surface area (Å²) in [5, 5.41) is 22.4. The van der Waals surface area contributed by atoms with Gasteiger partial charge in [0.25, 0.3) is 27.8 Å². The van der Waals surface area contributed by atoms with E-state index in [1.807, 2.05) is 13.8 Å². The van der Waals surface area contributed by atoms with Gasteiger partial charge in [0.15, 0.2) is 0 Å². The summed E-state index contributed by atoms with van der Waals surface area (Å²) < 4.78 is 31.2. The lowest BCUT2D eigenvalue weighted by molar-refractivity contribution is 0.0707. The summed E-state index contributed by atoms with van der Waals surface area (Å²) in [6.45, 7) is 4.38. The van der Waals surface area contributed by atoms with Crippen molar-refractivity contribution in [2.24, 2.45) is 11.7 Å². The number of hydrogen-bond acceptors (Lipinski definition) is 8.